The van der Waals surface area contributed by atoms with Crippen LogP contribution in [0.4, 0.5) is 31.7 Å². The number of nitrogens with one attached hydrogen (secondary N) is 5. The summed E-state index contributed by atoms with van der Waals surface area (Å²) in [5.41, 5.74) is 5.17. The zero-order chi connectivity index (χ0) is 52.3. The molecule has 5 N–H and O–H groups in total. The molecule has 1 atom stereocenters. The standard InChI is InChI=1S/C54H61F2N9O10/c55-36-27-35(28-37(56)30-36)26-34-3-8-46-45(29-34)50(62-61-46)60-51(68)43-7-5-40(32-47(43)58-38-11-19-73-20-12-38)64-16-14-63(15-17-64)33-41(66)2-1-18-72-22-24-75-25-23-74-21-13-57-39-4-6-42-44(31-39)54(71)65(53(42)70)48-9-10-49(67)59-52(48)69/h3-8,27-32,38,48,57-58H,1-2,9-26,33H2,(H,59,67,69)(H2,60,61,62,68). The first kappa shape index (κ1) is 52.7. The monoisotopic (exact) mass is 1030 g/mol. The van der Waals surface area contributed by atoms with Gasteiger partial charge in [0, 0.05) is 99.9 Å². The van der Waals surface area contributed by atoms with E-state index in [4.69, 9.17) is 18.9 Å². The van der Waals surface area contributed by atoms with Gasteiger partial charge in [-0.25, -0.2) is 8.78 Å². The largest absolute Gasteiger partial charge is 0.383 e. The molecule has 0 bridgehead atoms. The maximum atomic E-state index is 14.0. The highest BCUT2D eigenvalue weighted by atomic mass is 19.1. The van der Waals surface area contributed by atoms with Crippen LogP contribution in [0.3, 0.4) is 0 Å². The van der Waals surface area contributed by atoms with E-state index in [1.807, 2.05) is 36.4 Å². The summed E-state index contributed by atoms with van der Waals surface area (Å²) >= 11 is 0. The first-order valence-electron chi connectivity index (χ1n) is 25.5. The van der Waals surface area contributed by atoms with E-state index in [1.165, 1.54) is 12.1 Å². The lowest BCUT2D eigenvalue weighted by Gasteiger charge is -2.36. The van der Waals surface area contributed by atoms with Crippen LogP contribution in [0, 0.1) is 11.6 Å². The summed E-state index contributed by atoms with van der Waals surface area (Å²) < 4.78 is 50.3. The Morgan fingerprint density at radius 2 is 1.49 bits per heavy atom. The van der Waals surface area contributed by atoms with E-state index >= 15 is 0 Å². The fraction of sp³-hybridized carbons (Fsp3) is 0.426. The van der Waals surface area contributed by atoms with Crippen LogP contribution < -0.4 is 26.2 Å². The van der Waals surface area contributed by atoms with E-state index in [2.05, 4.69) is 41.3 Å². The van der Waals surface area contributed by atoms with E-state index in [9.17, 15) is 37.5 Å². The van der Waals surface area contributed by atoms with Crippen LogP contribution in [0.5, 0.6) is 0 Å². The number of benzene rings is 4. The Bertz CT molecular complexity index is 2880. The topological polar surface area (TPSA) is 226 Å². The van der Waals surface area contributed by atoms with E-state index < -0.39 is 41.3 Å². The van der Waals surface area contributed by atoms with Crippen molar-refractivity contribution in [1.29, 1.82) is 0 Å². The number of imide groups is 2. The van der Waals surface area contributed by atoms with Crippen LogP contribution in [0.1, 0.15) is 80.7 Å². The molecule has 9 rings (SSSR count). The van der Waals surface area contributed by atoms with Crippen LogP contribution in [0.15, 0.2) is 72.8 Å². The quantitative estimate of drug-likeness (QED) is 0.0390. The molecule has 0 spiro atoms. The molecule has 4 aliphatic rings. The Balaban J connectivity index is 0.648. The number of piperidine rings is 1. The summed E-state index contributed by atoms with van der Waals surface area (Å²) in [6, 6.07) is 18.7. The number of aromatic nitrogens is 2. The number of rotatable bonds is 24. The number of piperazine rings is 1. The predicted molar refractivity (Wildman–Crippen MR) is 274 cm³/mol. The van der Waals surface area contributed by atoms with Gasteiger partial charge in [0.25, 0.3) is 17.7 Å². The second-order valence-electron chi connectivity index (χ2n) is 19.0. The van der Waals surface area contributed by atoms with Gasteiger partial charge in [0.1, 0.15) is 23.5 Å². The van der Waals surface area contributed by atoms with Crippen LogP contribution in [0.2, 0.25) is 0 Å². The van der Waals surface area contributed by atoms with Gasteiger partial charge in [-0.05, 0) is 104 Å². The van der Waals surface area contributed by atoms with Gasteiger partial charge in [0.05, 0.1) is 61.8 Å². The number of nitrogens with zero attached hydrogens (tertiary/aromatic N) is 4. The van der Waals surface area contributed by atoms with Crippen LogP contribution >= 0.6 is 0 Å². The summed E-state index contributed by atoms with van der Waals surface area (Å²) in [7, 11) is 0. The Morgan fingerprint density at radius 1 is 0.760 bits per heavy atom. The molecule has 21 heteroatoms. The van der Waals surface area contributed by atoms with Crippen LogP contribution in [-0.2, 0) is 39.8 Å². The number of ketones is 1. The molecular weight excluding hydrogens is 973 g/mol. The van der Waals surface area contributed by atoms with Gasteiger partial charge >= 0.3 is 0 Å². The van der Waals surface area contributed by atoms with Gasteiger partial charge < -0.3 is 39.8 Å². The summed E-state index contributed by atoms with van der Waals surface area (Å²) in [5, 5.41) is 20.0. The molecule has 5 heterocycles. The summed E-state index contributed by atoms with van der Waals surface area (Å²) in [6.45, 7) is 7.24. The van der Waals surface area contributed by atoms with Crippen molar-refractivity contribution in [2.75, 3.05) is 113 Å². The van der Waals surface area contributed by atoms with E-state index in [0.717, 1.165) is 35.1 Å². The molecule has 1 aromatic heterocycles. The number of ether oxygens (including phenoxy) is 4. The van der Waals surface area contributed by atoms with E-state index in [1.54, 1.807) is 18.2 Å². The van der Waals surface area contributed by atoms with Gasteiger partial charge in [0.15, 0.2) is 5.82 Å². The number of halogens is 2. The maximum absolute atomic E-state index is 14.0. The molecule has 3 saturated heterocycles. The van der Waals surface area contributed by atoms with Crippen molar-refractivity contribution in [3.8, 4) is 0 Å². The third-order valence-electron chi connectivity index (χ3n) is 13.7. The molecule has 396 valence electrons. The lowest BCUT2D eigenvalue weighted by atomic mass is 10.0. The highest BCUT2D eigenvalue weighted by Gasteiger charge is 2.44. The number of amides is 5. The summed E-state index contributed by atoms with van der Waals surface area (Å²) in [5.74, 6) is -3.31. The van der Waals surface area contributed by atoms with Crippen molar-refractivity contribution >= 4 is 69.1 Å². The molecule has 0 saturated carbocycles. The number of Topliss-reactive ketones (excluding diaryl/α,β-unsaturated/α-hetero) is 1. The van der Waals surface area contributed by atoms with Gasteiger partial charge in [-0.2, -0.15) is 5.10 Å². The number of carbonyl (C=O) groups is 6. The third kappa shape index (κ3) is 13.6. The number of carbonyl (C=O) groups excluding carboxylic acids is 6. The fourth-order valence-corrected chi connectivity index (χ4v) is 9.75. The van der Waals surface area contributed by atoms with Crippen molar-refractivity contribution in [3.05, 3.63) is 112 Å². The molecule has 5 aromatic rings. The Labute approximate surface area is 431 Å². The number of hydrogen-bond donors (Lipinski definition) is 5. The molecule has 3 fully saturated rings. The van der Waals surface area contributed by atoms with Gasteiger partial charge in [-0.15, -0.1) is 0 Å². The maximum Gasteiger partial charge on any atom is 0.262 e. The summed E-state index contributed by atoms with van der Waals surface area (Å²) in [6.07, 6.45) is 3.08. The summed E-state index contributed by atoms with van der Waals surface area (Å²) in [4.78, 5) is 82.1. The predicted octanol–water partition coefficient (Wildman–Crippen LogP) is 5.31. The minimum absolute atomic E-state index is 0.0572. The number of fused-ring (bicyclic) bond motifs is 2. The second-order valence-corrected chi connectivity index (χ2v) is 19.0. The molecule has 4 aromatic carbocycles. The lowest BCUT2D eigenvalue weighted by molar-refractivity contribution is -0.136. The first-order valence-corrected chi connectivity index (χ1v) is 25.5. The zero-order valence-electron chi connectivity index (χ0n) is 41.6. The molecule has 4 aliphatic heterocycles. The minimum Gasteiger partial charge on any atom is -0.383 e. The van der Waals surface area contributed by atoms with E-state index in [0.29, 0.717) is 151 Å². The van der Waals surface area contributed by atoms with Crippen molar-refractivity contribution in [1.82, 2.24) is 25.3 Å². The van der Waals surface area contributed by atoms with Crippen molar-refractivity contribution in [3.63, 3.8) is 0 Å². The fourth-order valence-electron chi connectivity index (χ4n) is 9.75. The van der Waals surface area contributed by atoms with Crippen LogP contribution in [-0.4, -0.2) is 160 Å². The highest BCUT2D eigenvalue weighted by molar-refractivity contribution is 6.23. The number of anilines is 4. The Morgan fingerprint density at radius 3 is 2.25 bits per heavy atom. The first-order chi connectivity index (χ1) is 36.4. The number of hydrogen-bond acceptors (Lipinski definition) is 15. The smallest absolute Gasteiger partial charge is 0.262 e. The Kier molecular flexibility index (Phi) is 17.5. The number of H-pyrrole nitrogens is 1. The van der Waals surface area contributed by atoms with Gasteiger partial charge in [-0.1, -0.05) is 6.07 Å². The van der Waals surface area contributed by atoms with Crippen molar-refractivity contribution < 1.29 is 56.5 Å². The second kappa shape index (κ2) is 24.9. The van der Waals surface area contributed by atoms with Crippen molar-refractivity contribution in [2.24, 2.45) is 0 Å². The number of aromatic amines is 1. The van der Waals surface area contributed by atoms with Crippen molar-refractivity contribution in [2.45, 2.75) is 57.0 Å². The lowest BCUT2D eigenvalue weighted by Crippen LogP contribution is -2.54. The molecule has 0 radical (unpaired) electrons. The molecule has 1 unspecified atom stereocenters. The average molecular weight is 1030 g/mol. The molecule has 5 amide bonds. The molecule has 0 aliphatic carbocycles. The molecular formula is C54H61F2N9O10. The van der Waals surface area contributed by atoms with E-state index in [-0.39, 0.29) is 41.7 Å². The third-order valence-corrected chi connectivity index (χ3v) is 13.7. The highest BCUT2D eigenvalue weighted by Crippen LogP contribution is 2.32. The van der Waals surface area contributed by atoms with Gasteiger partial charge in [0.2, 0.25) is 11.8 Å². The Hall–Kier alpha value is -7.17. The average Bonchev–Trinajstić information content (AvgIpc) is 3.90. The van der Waals surface area contributed by atoms with Gasteiger partial charge in [-0.3, -0.25) is 49.0 Å². The van der Waals surface area contributed by atoms with Crippen LogP contribution in [0.25, 0.3) is 10.9 Å². The SMILES string of the molecule is O=C(CCCOCCOCCOCCNc1ccc2c(c1)C(=O)N(C1CCC(=O)NC1=O)C2=O)CN1CCN(c2ccc(C(=O)Nc3n[nH]c4ccc(Cc5cc(F)cc(F)c5)cc34)c(NC3CCOCC3)c2)CC1. The zero-order valence-corrected chi connectivity index (χ0v) is 41.6. The normalized spacial score (nSPS) is 17.4. The molecule has 75 heavy (non-hydrogen) atoms. The minimum atomic E-state index is -1.01. The molecule has 19 nitrogen and oxygen atoms in total.